The van der Waals surface area contributed by atoms with Crippen molar-refractivity contribution in [2.45, 2.75) is 0 Å². The van der Waals surface area contributed by atoms with E-state index in [4.69, 9.17) is 0 Å². The Morgan fingerprint density at radius 2 is 1.41 bits per heavy atom. The van der Waals surface area contributed by atoms with Crippen LogP contribution in [0.1, 0.15) is 0 Å². The van der Waals surface area contributed by atoms with Crippen molar-refractivity contribution < 1.29 is 4.39 Å². The molecule has 0 bridgehead atoms. The molecule has 6 nitrogen and oxygen atoms in total. The van der Waals surface area contributed by atoms with E-state index in [2.05, 4.69) is 44.3 Å². The highest BCUT2D eigenvalue weighted by atomic mass is 35.5. The van der Waals surface area contributed by atoms with Gasteiger partial charge in [-0.3, -0.25) is 4.57 Å². The molecule has 1 aromatic heterocycles. The van der Waals surface area contributed by atoms with Gasteiger partial charge in [-0.1, -0.05) is 18.2 Å². The van der Waals surface area contributed by atoms with Crippen molar-refractivity contribution >= 4 is 48.1 Å². The summed E-state index contributed by atoms with van der Waals surface area (Å²) in [7, 11) is 3.88. The smallest absolute Gasteiger partial charge is 0.232 e. The van der Waals surface area contributed by atoms with Gasteiger partial charge in [-0.2, -0.15) is 0 Å². The van der Waals surface area contributed by atoms with E-state index in [9.17, 15) is 4.39 Å². The fourth-order valence-electron chi connectivity index (χ4n) is 3.46. The molecule has 3 aromatic rings. The minimum Gasteiger partial charge on any atom is -0.368 e. The lowest BCUT2D eigenvalue weighted by Gasteiger charge is -2.36. The molecule has 29 heavy (non-hydrogen) atoms. The number of benzene rings is 2. The molecular weight excluding hydrogens is 414 g/mol. The number of hydrogen-bond acceptors (Lipinski definition) is 5. The Labute approximate surface area is 182 Å². The van der Waals surface area contributed by atoms with E-state index < -0.39 is 0 Å². The summed E-state index contributed by atoms with van der Waals surface area (Å²) >= 11 is 0. The van der Waals surface area contributed by atoms with E-state index in [0.717, 1.165) is 43.8 Å². The minimum atomic E-state index is -0.248. The quantitative estimate of drug-likeness (QED) is 0.617. The average Bonchev–Trinajstić information content (AvgIpc) is 3.10. The number of aromatic nitrogens is 3. The van der Waals surface area contributed by atoms with Gasteiger partial charge in [-0.15, -0.1) is 35.0 Å². The van der Waals surface area contributed by atoms with E-state index in [1.807, 2.05) is 29.6 Å². The molecule has 1 fully saturated rings. The molecule has 156 valence electrons. The summed E-state index contributed by atoms with van der Waals surface area (Å²) in [6, 6.07) is 16.9. The van der Waals surface area contributed by atoms with E-state index in [0.29, 0.717) is 0 Å². The number of piperazine rings is 1. The number of anilines is 4. The largest absolute Gasteiger partial charge is 0.368 e. The normalized spacial score (nSPS) is 13.5. The van der Waals surface area contributed by atoms with Gasteiger partial charge >= 0.3 is 0 Å². The van der Waals surface area contributed by atoms with Crippen LogP contribution in [0, 0.1) is 5.82 Å². The van der Waals surface area contributed by atoms with Crippen molar-refractivity contribution in [1.29, 1.82) is 0 Å². The van der Waals surface area contributed by atoms with Crippen LogP contribution in [0.5, 0.6) is 0 Å². The highest BCUT2D eigenvalue weighted by molar-refractivity contribution is 5.85. The van der Waals surface area contributed by atoms with E-state index in [-0.39, 0.29) is 30.6 Å². The maximum absolute atomic E-state index is 13.2. The van der Waals surface area contributed by atoms with Crippen molar-refractivity contribution in [2.24, 2.45) is 7.05 Å². The number of halogens is 3. The Morgan fingerprint density at radius 1 is 0.828 bits per heavy atom. The van der Waals surface area contributed by atoms with Crippen molar-refractivity contribution in [3.05, 3.63) is 60.4 Å². The SMILES string of the molecule is CN(c1ccc(F)cc1)c1nnc(N2CCN(c3ccccc3)CC2)n1C.Cl.Cl. The first-order valence-electron chi connectivity index (χ1n) is 9.07. The first kappa shape index (κ1) is 22.8. The summed E-state index contributed by atoms with van der Waals surface area (Å²) in [5.41, 5.74) is 2.12. The monoisotopic (exact) mass is 438 g/mol. The highest BCUT2D eigenvalue weighted by Crippen LogP contribution is 2.26. The second kappa shape index (κ2) is 9.80. The van der Waals surface area contributed by atoms with E-state index in [1.54, 1.807) is 12.1 Å². The van der Waals surface area contributed by atoms with Gasteiger partial charge in [0.1, 0.15) is 5.82 Å². The van der Waals surface area contributed by atoms with Crippen LogP contribution in [0.25, 0.3) is 0 Å². The van der Waals surface area contributed by atoms with Crippen LogP contribution in [0.2, 0.25) is 0 Å². The summed E-state index contributed by atoms with van der Waals surface area (Å²) in [5.74, 6) is 1.33. The van der Waals surface area contributed by atoms with E-state index >= 15 is 0 Å². The van der Waals surface area contributed by atoms with Gasteiger partial charge in [0.05, 0.1) is 0 Å². The molecule has 4 rings (SSSR count). The van der Waals surface area contributed by atoms with Crippen molar-refractivity contribution in [3.8, 4) is 0 Å². The lowest BCUT2D eigenvalue weighted by Crippen LogP contribution is -2.47. The Bertz CT molecular complexity index is 895. The lowest BCUT2D eigenvalue weighted by molar-refractivity contribution is 0.627. The van der Waals surface area contributed by atoms with Gasteiger partial charge in [0.2, 0.25) is 11.9 Å². The zero-order chi connectivity index (χ0) is 18.8. The molecule has 0 unspecified atom stereocenters. The summed E-state index contributed by atoms with van der Waals surface area (Å²) in [5, 5.41) is 8.76. The first-order valence-corrected chi connectivity index (χ1v) is 9.07. The maximum Gasteiger partial charge on any atom is 0.232 e. The van der Waals surface area contributed by atoms with Crippen LogP contribution in [0.4, 0.5) is 27.7 Å². The summed E-state index contributed by atoms with van der Waals surface area (Å²) in [6.45, 7) is 3.67. The highest BCUT2D eigenvalue weighted by Gasteiger charge is 2.23. The van der Waals surface area contributed by atoms with Crippen LogP contribution in [-0.2, 0) is 7.05 Å². The fourth-order valence-corrected chi connectivity index (χ4v) is 3.46. The van der Waals surface area contributed by atoms with Crippen LogP contribution < -0.4 is 14.7 Å². The standard InChI is InChI=1S/C20H23FN6.2ClH/c1-24(17-10-8-16(21)9-11-17)19-22-23-20(25(19)2)27-14-12-26(13-15-27)18-6-4-3-5-7-18;;/h3-11H,12-15H2,1-2H3;2*1H. The molecule has 0 amide bonds. The van der Waals surface area contributed by atoms with Gasteiger partial charge in [-0.25, -0.2) is 4.39 Å². The summed E-state index contributed by atoms with van der Waals surface area (Å²) in [6.07, 6.45) is 0. The topological polar surface area (TPSA) is 40.4 Å². The molecule has 2 aromatic carbocycles. The van der Waals surface area contributed by atoms with Gasteiger partial charge in [0.25, 0.3) is 0 Å². The van der Waals surface area contributed by atoms with Crippen LogP contribution in [0.15, 0.2) is 54.6 Å². The first-order chi connectivity index (χ1) is 13.1. The third-order valence-electron chi connectivity index (χ3n) is 5.03. The third-order valence-corrected chi connectivity index (χ3v) is 5.03. The Kier molecular flexibility index (Phi) is 7.70. The van der Waals surface area contributed by atoms with Crippen molar-refractivity contribution in [2.75, 3.05) is 47.9 Å². The average molecular weight is 439 g/mol. The zero-order valence-electron chi connectivity index (χ0n) is 16.4. The Morgan fingerprint density at radius 3 is 2.03 bits per heavy atom. The molecule has 1 aliphatic heterocycles. The molecule has 0 saturated carbocycles. The Balaban J connectivity index is 0.00000150. The molecule has 0 radical (unpaired) electrons. The number of para-hydroxylation sites is 1. The zero-order valence-corrected chi connectivity index (χ0v) is 18.0. The second-order valence-corrected chi connectivity index (χ2v) is 6.70. The van der Waals surface area contributed by atoms with Crippen LogP contribution >= 0.6 is 24.8 Å². The number of nitrogens with zero attached hydrogens (tertiary/aromatic N) is 6. The molecule has 0 aliphatic carbocycles. The summed E-state index contributed by atoms with van der Waals surface area (Å²) < 4.78 is 15.2. The molecule has 9 heteroatoms. The predicted octanol–water partition coefficient (Wildman–Crippen LogP) is 3.89. The predicted molar refractivity (Wildman–Crippen MR) is 121 cm³/mol. The van der Waals surface area contributed by atoms with Crippen molar-refractivity contribution in [1.82, 2.24) is 14.8 Å². The number of hydrogen-bond donors (Lipinski definition) is 0. The molecule has 0 atom stereocenters. The molecule has 1 aliphatic rings. The Hall–Kier alpha value is -2.51. The summed E-state index contributed by atoms with van der Waals surface area (Å²) in [4.78, 5) is 6.56. The minimum absolute atomic E-state index is 0. The van der Waals surface area contributed by atoms with Gasteiger partial charge < -0.3 is 14.7 Å². The fraction of sp³-hybridized carbons (Fsp3) is 0.300. The molecule has 0 spiro atoms. The molecule has 0 N–H and O–H groups in total. The molecule has 1 saturated heterocycles. The van der Waals surface area contributed by atoms with E-state index in [1.165, 1.54) is 17.8 Å². The maximum atomic E-state index is 13.2. The van der Waals surface area contributed by atoms with Gasteiger partial charge in [-0.05, 0) is 36.4 Å². The lowest BCUT2D eigenvalue weighted by atomic mass is 10.2. The van der Waals surface area contributed by atoms with Gasteiger partial charge in [0, 0.05) is 51.6 Å². The third kappa shape index (κ3) is 4.74. The van der Waals surface area contributed by atoms with Gasteiger partial charge in [0.15, 0.2) is 0 Å². The molecule has 2 heterocycles. The van der Waals surface area contributed by atoms with Crippen LogP contribution in [-0.4, -0.2) is 48.0 Å². The second-order valence-electron chi connectivity index (χ2n) is 6.70. The number of rotatable bonds is 4. The van der Waals surface area contributed by atoms with Crippen LogP contribution in [0.3, 0.4) is 0 Å². The van der Waals surface area contributed by atoms with Crippen molar-refractivity contribution in [3.63, 3.8) is 0 Å². The molecular formula is C20H25Cl2FN6.